The molecule has 0 aliphatic heterocycles. The lowest BCUT2D eigenvalue weighted by Crippen LogP contribution is -2.13. The molecule has 2 rings (SSSR count). The van der Waals surface area contributed by atoms with Gasteiger partial charge in [0, 0.05) is 16.3 Å². The molecular formula is C19H14ClFN2O2. The number of benzene rings is 2. The molecule has 6 heteroatoms. The lowest BCUT2D eigenvalue weighted by atomic mass is 10.1. The molecule has 1 N–H and O–H groups in total. The fraction of sp³-hybridized carbons (Fsp3) is 0.0526. The zero-order valence-corrected chi connectivity index (χ0v) is 13.9. The summed E-state index contributed by atoms with van der Waals surface area (Å²) in [6.07, 6.45) is 2.96. The number of rotatable bonds is 6. The summed E-state index contributed by atoms with van der Waals surface area (Å²) in [6, 6.07) is 11.9. The second-order valence-electron chi connectivity index (χ2n) is 4.91. The number of nitrogens with one attached hydrogen (secondary N) is 1. The van der Waals surface area contributed by atoms with Gasteiger partial charge in [-0.05, 0) is 48.5 Å². The van der Waals surface area contributed by atoms with E-state index in [9.17, 15) is 14.4 Å². The summed E-state index contributed by atoms with van der Waals surface area (Å²) >= 11 is 5.98. The number of halogens is 2. The van der Waals surface area contributed by atoms with E-state index in [0.29, 0.717) is 22.0 Å². The molecule has 1 amide bonds. The van der Waals surface area contributed by atoms with E-state index in [4.69, 9.17) is 16.3 Å². The number of hydrogen-bond donors (Lipinski definition) is 1. The van der Waals surface area contributed by atoms with Crippen LogP contribution in [0.4, 0.5) is 10.1 Å². The first-order chi connectivity index (χ1) is 12.0. The molecule has 0 atom stereocenters. The smallest absolute Gasteiger partial charge is 0.266 e. The number of hydrogen-bond acceptors (Lipinski definition) is 3. The van der Waals surface area contributed by atoms with Crippen LogP contribution in [-0.4, -0.2) is 12.5 Å². The molecule has 0 spiro atoms. The minimum Gasteiger partial charge on any atom is -0.489 e. The molecule has 0 bridgehead atoms. The SMILES string of the molecule is C=CCOc1ccc(Cl)cc1/C=C(\C#N)C(=O)Nc1ccc(F)cc1. The van der Waals surface area contributed by atoms with Gasteiger partial charge in [-0.2, -0.15) is 5.26 Å². The van der Waals surface area contributed by atoms with Crippen LogP contribution in [-0.2, 0) is 4.79 Å². The minimum absolute atomic E-state index is 0.143. The summed E-state index contributed by atoms with van der Waals surface area (Å²) in [4.78, 5) is 12.3. The zero-order valence-electron chi connectivity index (χ0n) is 13.1. The Morgan fingerprint density at radius 1 is 1.32 bits per heavy atom. The second-order valence-corrected chi connectivity index (χ2v) is 5.35. The van der Waals surface area contributed by atoms with Crippen LogP contribution >= 0.6 is 11.6 Å². The van der Waals surface area contributed by atoms with Crippen molar-refractivity contribution < 1.29 is 13.9 Å². The van der Waals surface area contributed by atoms with Gasteiger partial charge in [0.15, 0.2) is 0 Å². The Labute approximate surface area is 149 Å². The Balaban J connectivity index is 2.28. The summed E-state index contributed by atoms with van der Waals surface area (Å²) in [5, 5.41) is 12.3. The molecule has 4 nitrogen and oxygen atoms in total. The van der Waals surface area contributed by atoms with Crippen LogP contribution in [0.25, 0.3) is 6.08 Å². The average Bonchev–Trinajstić information content (AvgIpc) is 2.60. The lowest BCUT2D eigenvalue weighted by molar-refractivity contribution is -0.112. The summed E-state index contributed by atoms with van der Waals surface area (Å²) in [5.74, 6) is -0.577. The van der Waals surface area contributed by atoms with Crippen molar-refractivity contribution in [2.24, 2.45) is 0 Å². The van der Waals surface area contributed by atoms with Crippen LogP contribution in [0.1, 0.15) is 5.56 Å². The Kier molecular flexibility index (Phi) is 6.33. The van der Waals surface area contributed by atoms with E-state index in [2.05, 4.69) is 11.9 Å². The van der Waals surface area contributed by atoms with Crippen molar-refractivity contribution in [2.75, 3.05) is 11.9 Å². The Hall–Kier alpha value is -3.10. The Morgan fingerprint density at radius 3 is 2.68 bits per heavy atom. The van der Waals surface area contributed by atoms with Gasteiger partial charge in [-0.15, -0.1) is 0 Å². The van der Waals surface area contributed by atoms with Gasteiger partial charge >= 0.3 is 0 Å². The summed E-state index contributed by atoms with van der Waals surface area (Å²) < 4.78 is 18.4. The van der Waals surface area contributed by atoms with Crippen molar-refractivity contribution in [3.05, 3.63) is 77.1 Å². The highest BCUT2D eigenvalue weighted by Crippen LogP contribution is 2.25. The molecule has 2 aromatic carbocycles. The Bertz CT molecular complexity index is 855. The van der Waals surface area contributed by atoms with Gasteiger partial charge in [0.25, 0.3) is 5.91 Å². The molecule has 0 fully saturated rings. The fourth-order valence-electron chi connectivity index (χ4n) is 1.95. The molecule has 0 aromatic heterocycles. The predicted molar refractivity (Wildman–Crippen MR) is 95.8 cm³/mol. The van der Waals surface area contributed by atoms with E-state index in [1.165, 1.54) is 30.3 Å². The van der Waals surface area contributed by atoms with E-state index in [1.807, 2.05) is 6.07 Å². The molecule has 126 valence electrons. The number of amides is 1. The van der Waals surface area contributed by atoms with Crippen molar-refractivity contribution >= 4 is 29.3 Å². The summed E-state index contributed by atoms with van der Waals surface area (Å²) in [7, 11) is 0. The van der Waals surface area contributed by atoms with E-state index in [-0.39, 0.29) is 12.2 Å². The maximum atomic E-state index is 12.9. The lowest BCUT2D eigenvalue weighted by Gasteiger charge is -2.09. The van der Waals surface area contributed by atoms with E-state index >= 15 is 0 Å². The highest BCUT2D eigenvalue weighted by Gasteiger charge is 2.12. The molecule has 0 unspecified atom stereocenters. The largest absolute Gasteiger partial charge is 0.489 e. The summed E-state index contributed by atoms with van der Waals surface area (Å²) in [5.41, 5.74) is 0.719. The average molecular weight is 357 g/mol. The third-order valence-electron chi connectivity index (χ3n) is 3.10. The first-order valence-corrected chi connectivity index (χ1v) is 7.63. The molecule has 0 aliphatic rings. The van der Waals surface area contributed by atoms with E-state index < -0.39 is 11.7 Å². The fourth-order valence-corrected chi connectivity index (χ4v) is 2.13. The summed E-state index contributed by atoms with van der Waals surface area (Å²) in [6.45, 7) is 3.84. The maximum Gasteiger partial charge on any atom is 0.266 e. The predicted octanol–water partition coefficient (Wildman–Crippen LogP) is 4.59. The number of nitrogens with zero attached hydrogens (tertiary/aromatic N) is 1. The highest BCUT2D eigenvalue weighted by atomic mass is 35.5. The highest BCUT2D eigenvalue weighted by molar-refractivity contribution is 6.30. The minimum atomic E-state index is -0.622. The zero-order chi connectivity index (χ0) is 18.2. The third-order valence-corrected chi connectivity index (χ3v) is 3.33. The molecule has 0 saturated carbocycles. The van der Waals surface area contributed by atoms with Crippen molar-refractivity contribution in [1.82, 2.24) is 0 Å². The first kappa shape index (κ1) is 18.2. The standard InChI is InChI=1S/C19H14ClFN2O2/c1-2-9-25-18-8-3-15(20)11-13(18)10-14(12-22)19(24)23-17-6-4-16(21)5-7-17/h2-8,10-11H,1,9H2,(H,23,24)/b14-10+. The van der Waals surface area contributed by atoms with Crippen molar-refractivity contribution in [2.45, 2.75) is 0 Å². The number of nitriles is 1. The molecule has 25 heavy (non-hydrogen) atoms. The number of carbonyl (C=O) groups excluding carboxylic acids is 1. The van der Waals surface area contributed by atoms with Gasteiger partial charge < -0.3 is 10.1 Å². The van der Waals surface area contributed by atoms with Gasteiger partial charge in [-0.25, -0.2) is 4.39 Å². The van der Waals surface area contributed by atoms with Gasteiger partial charge in [0.05, 0.1) is 0 Å². The molecule has 0 saturated heterocycles. The van der Waals surface area contributed by atoms with Crippen LogP contribution in [0.5, 0.6) is 5.75 Å². The maximum absolute atomic E-state index is 12.9. The van der Waals surface area contributed by atoms with Crippen LogP contribution in [0.3, 0.4) is 0 Å². The normalized spacial score (nSPS) is 10.7. The quantitative estimate of drug-likeness (QED) is 0.468. The monoisotopic (exact) mass is 356 g/mol. The molecule has 0 radical (unpaired) electrons. The van der Waals surface area contributed by atoms with Gasteiger partial charge in [0.2, 0.25) is 0 Å². The number of ether oxygens (including phenoxy) is 1. The molecule has 0 aliphatic carbocycles. The van der Waals surface area contributed by atoms with Crippen LogP contribution in [0.2, 0.25) is 5.02 Å². The van der Waals surface area contributed by atoms with Gasteiger partial charge in [-0.3, -0.25) is 4.79 Å². The second kappa shape index (κ2) is 8.67. The molecular weight excluding hydrogens is 343 g/mol. The number of carbonyl (C=O) groups is 1. The van der Waals surface area contributed by atoms with Crippen molar-refractivity contribution in [3.63, 3.8) is 0 Å². The Morgan fingerprint density at radius 2 is 2.04 bits per heavy atom. The molecule has 0 heterocycles. The topological polar surface area (TPSA) is 62.1 Å². The first-order valence-electron chi connectivity index (χ1n) is 7.25. The van der Waals surface area contributed by atoms with Gasteiger partial charge in [-0.1, -0.05) is 24.3 Å². The number of anilines is 1. The van der Waals surface area contributed by atoms with Crippen molar-refractivity contribution in [1.29, 1.82) is 5.26 Å². The molecule has 2 aromatic rings. The van der Waals surface area contributed by atoms with Gasteiger partial charge in [0.1, 0.15) is 29.8 Å². The van der Waals surface area contributed by atoms with Crippen LogP contribution < -0.4 is 10.1 Å². The van der Waals surface area contributed by atoms with Crippen LogP contribution in [0, 0.1) is 17.1 Å². The van der Waals surface area contributed by atoms with E-state index in [1.54, 1.807) is 24.3 Å². The van der Waals surface area contributed by atoms with Crippen LogP contribution in [0.15, 0.2) is 60.7 Å². The third kappa shape index (κ3) is 5.20. The van der Waals surface area contributed by atoms with E-state index in [0.717, 1.165) is 0 Å². The van der Waals surface area contributed by atoms with Crippen molar-refractivity contribution in [3.8, 4) is 11.8 Å².